The molecule has 1 unspecified atom stereocenters. The van der Waals surface area contributed by atoms with E-state index in [0.717, 1.165) is 5.56 Å². The Morgan fingerprint density at radius 1 is 1.26 bits per heavy atom. The molecule has 0 saturated heterocycles. The first-order valence-corrected chi connectivity index (χ1v) is 8.56. The fraction of sp³-hybridized carbons (Fsp3) is 0.556. The van der Waals surface area contributed by atoms with Gasteiger partial charge in [-0.25, -0.2) is 14.6 Å². The Morgan fingerprint density at radius 2 is 1.96 bits per heavy atom. The molecule has 0 fully saturated rings. The lowest BCUT2D eigenvalue weighted by molar-refractivity contribution is -0.147. The van der Waals surface area contributed by atoms with Gasteiger partial charge in [0.05, 0.1) is 13.7 Å². The molecule has 1 aromatic rings. The Morgan fingerprint density at radius 3 is 2.56 bits per heavy atom. The van der Waals surface area contributed by atoms with E-state index in [1.165, 1.54) is 7.11 Å². The highest BCUT2D eigenvalue weighted by molar-refractivity contribution is 5.87. The number of rotatable bonds is 8. The number of carbonyl (C=O) groups is 3. The molecule has 9 heteroatoms. The van der Waals surface area contributed by atoms with Crippen LogP contribution in [0.2, 0.25) is 0 Å². The zero-order valence-corrected chi connectivity index (χ0v) is 16.3. The summed E-state index contributed by atoms with van der Waals surface area (Å²) in [6, 6.07) is 2.46. The molecule has 1 heterocycles. The van der Waals surface area contributed by atoms with E-state index in [-0.39, 0.29) is 19.6 Å². The SMILES string of the molecule is CCOC(=O)C(Cc1ccnc(OC)c1)NC(=O)CNC(=O)OC(C)(C)C. The summed E-state index contributed by atoms with van der Waals surface area (Å²) in [5.74, 6) is -0.716. The molecule has 0 bridgehead atoms. The quantitative estimate of drug-likeness (QED) is 0.650. The average molecular weight is 381 g/mol. The van der Waals surface area contributed by atoms with E-state index in [1.807, 2.05) is 0 Å². The molecule has 1 rings (SSSR count). The smallest absolute Gasteiger partial charge is 0.408 e. The van der Waals surface area contributed by atoms with Gasteiger partial charge in [-0.1, -0.05) is 0 Å². The Balaban J connectivity index is 2.69. The number of esters is 1. The Kier molecular flexibility index (Phi) is 8.50. The van der Waals surface area contributed by atoms with Crippen LogP contribution in [0.5, 0.6) is 5.88 Å². The van der Waals surface area contributed by atoms with Crippen LogP contribution in [0.3, 0.4) is 0 Å². The summed E-state index contributed by atoms with van der Waals surface area (Å²) < 4.78 is 15.1. The van der Waals surface area contributed by atoms with E-state index in [0.29, 0.717) is 5.88 Å². The Bertz CT molecular complexity index is 657. The lowest BCUT2D eigenvalue weighted by Crippen LogP contribution is -2.47. The number of aromatic nitrogens is 1. The van der Waals surface area contributed by atoms with Crippen LogP contribution < -0.4 is 15.4 Å². The third kappa shape index (κ3) is 8.89. The highest BCUT2D eigenvalue weighted by Gasteiger charge is 2.23. The number of ether oxygens (including phenoxy) is 3. The standard InChI is InChI=1S/C18H27N3O6/c1-6-26-16(23)13(9-12-7-8-19-15(10-12)25-5)21-14(22)11-20-17(24)27-18(2,3)4/h7-8,10,13H,6,9,11H2,1-5H3,(H,20,24)(H,21,22). The van der Waals surface area contributed by atoms with Crippen LogP contribution in [0.1, 0.15) is 33.3 Å². The second kappa shape index (κ2) is 10.3. The third-order valence-corrected chi connectivity index (χ3v) is 3.15. The summed E-state index contributed by atoms with van der Waals surface area (Å²) in [4.78, 5) is 39.9. The number of hydrogen-bond donors (Lipinski definition) is 2. The van der Waals surface area contributed by atoms with Gasteiger partial charge in [0.1, 0.15) is 18.2 Å². The molecule has 0 aromatic carbocycles. The number of pyridine rings is 1. The van der Waals surface area contributed by atoms with E-state index in [9.17, 15) is 14.4 Å². The van der Waals surface area contributed by atoms with Crippen molar-refractivity contribution >= 4 is 18.0 Å². The molecule has 0 spiro atoms. The fourth-order valence-electron chi connectivity index (χ4n) is 2.07. The van der Waals surface area contributed by atoms with E-state index in [2.05, 4.69) is 15.6 Å². The number of carbonyl (C=O) groups excluding carboxylic acids is 3. The molecule has 0 aliphatic heterocycles. The first kappa shape index (κ1) is 22.2. The summed E-state index contributed by atoms with van der Waals surface area (Å²) in [6.07, 6.45) is 1.02. The molecule has 0 radical (unpaired) electrons. The number of nitrogens with one attached hydrogen (secondary N) is 2. The van der Waals surface area contributed by atoms with Gasteiger partial charge in [-0.2, -0.15) is 0 Å². The minimum Gasteiger partial charge on any atom is -0.481 e. The van der Waals surface area contributed by atoms with Gasteiger partial charge in [-0.3, -0.25) is 4.79 Å². The van der Waals surface area contributed by atoms with Crippen molar-refractivity contribution in [2.24, 2.45) is 0 Å². The van der Waals surface area contributed by atoms with Gasteiger partial charge in [-0.15, -0.1) is 0 Å². The maximum absolute atomic E-state index is 12.2. The highest BCUT2D eigenvalue weighted by Crippen LogP contribution is 2.11. The molecule has 2 amide bonds. The fourth-order valence-corrected chi connectivity index (χ4v) is 2.07. The number of hydrogen-bond acceptors (Lipinski definition) is 7. The van der Waals surface area contributed by atoms with Crippen molar-refractivity contribution in [3.63, 3.8) is 0 Å². The largest absolute Gasteiger partial charge is 0.481 e. The van der Waals surface area contributed by atoms with Crippen LogP contribution in [-0.4, -0.2) is 54.9 Å². The van der Waals surface area contributed by atoms with Crippen LogP contribution >= 0.6 is 0 Å². The molecular formula is C18H27N3O6. The maximum atomic E-state index is 12.2. The van der Waals surface area contributed by atoms with E-state index < -0.39 is 29.6 Å². The van der Waals surface area contributed by atoms with Gasteiger partial charge in [-0.05, 0) is 39.3 Å². The lowest BCUT2D eigenvalue weighted by Gasteiger charge is -2.20. The van der Waals surface area contributed by atoms with Gasteiger partial charge >= 0.3 is 12.1 Å². The average Bonchev–Trinajstić information content (AvgIpc) is 2.58. The summed E-state index contributed by atoms with van der Waals surface area (Å²) >= 11 is 0. The van der Waals surface area contributed by atoms with Gasteiger partial charge in [0, 0.05) is 18.7 Å². The number of methoxy groups -OCH3 is 1. The molecule has 1 aromatic heterocycles. The number of alkyl carbamates (subject to hydrolysis) is 1. The zero-order valence-electron chi connectivity index (χ0n) is 16.3. The summed E-state index contributed by atoms with van der Waals surface area (Å²) in [5.41, 5.74) is 0.0642. The van der Waals surface area contributed by atoms with E-state index >= 15 is 0 Å². The topological polar surface area (TPSA) is 116 Å². The Hall–Kier alpha value is -2.84. The molecule has 0 aliphatic carbocycles. The molecule has 0 aliphatic rings. The first-order valence-electron chi connectivity index (χ1n) is 8.56. The van der Waals surface area contributed by atoms with E-state index in [1.54, 1.807) is 46.0 Å². The predicted octanol–water partition coefficient (Wildman–Crippen LogP) is 1.21. The van der Waals surface area contributed by atoms with Gasteiger partial charge in [0.25, 0.3) is 0 Å². The minimum absolute atomic E-state index is 0.182. The summed E-state index contributed by atoms with van der Waals surface area (Å²) in [6.45, 7) is 6.67. The first-order chi connectivity index (χ1) is 12.6. The van der Waals surface area contributed by atoms with Crippen molar-refractivity contribution in [3.8, 4) is 5.88 Å². The van der Waals surface area contributed by atoms with Crippen molar-refractivity contribution in [3.05, 3.63) is 23.9 Å². The zero-order chi connectivity index (χ0) is 20.4. The van der Waals surface area contributed by atoms with Gasteiger partial charge < -0.3 is 24.8 Å². The molecular weight excluding hydrogens is 354 g/mol. The second-order valence-electron chi connectivity index (χ2n) is 6.64. The molecule has 150 valence electrons. The molecule has 0 saturated carbocycles. The normalized spacial score (nSPS) is 11.9. The van der Waals surface area contributed by atoms with Crippen LogP contribution in [0, 0.1) is 0 Å². The molecule has 27 heavy (non-hydrogen) atoms. The number of nitrogens with zero attached hydrogens (tertiary/aromatic N) is 1. The summed E-state index contributed by atoms with van der Waals surface area (Å²) in [7, 11) is 1.49. The van der Waals surface area contributed by atoms with Crippen molar-refractivity contribution in [2.75, 3.05) is 20.3 Å². The minimum atomic E-state index is -0.912. The monoisotopic (exact) mass is 381 g/mol. The second-order valence-corrected chi connectivity index (χ2v) is 6.64. The van der Waals surface area contributed by atoms with Crippen LogP contribution in [0.15, 0.2) is 18.3 Å². The summed E-state index contributed by atoms with van der Waals surface area (Å²) in [5, 5.41) is 4.90. The van der Waals surface area contributed by atoms with Gasteiger partial charge in [0.15, 0.2) is 0 Å². The molecule has 2 N–H and O–H groups in total. The maximum Gasteiger partial charge on any atom is 0.408 e. The van der Waals surface area contributed by atoms with Crippen LogP contribution in [0.4, 0.5) is 4.79 Å². The van der Waals surface area contributed by atoms with Crippen molar-refractivity contribution in [2.45, 2.75) is 45.8 Å². The Labute approximate surface area is 158 Å². The highest BCUT2D eigenvalue weighted by atomic mass is 16.6. The van der Waals surface area contributed by atoms with E-state index in [4.69, 9.17) is 14.2 Å². The predicted molar refractivity (Wildman–Crippen MR) is 97.3 cm³/mol. The van der Waals surface area contributed by atoms with Crippen LogP contribution in [-0.2, 0) is 25.5 Å². The van der Waals surface area contributed by atoms with Crippen molar-refractivity contribution < 1.29 is 28.6 Å². The third-order valence-electron chi connectivity index (χ3n) is 3.15. The van der Waals surface area contributed by atoms with Crippen molar-refractivity contribution in [1.29, 1.82) is 0 Å². The number of amides is 2. The van der Waals surface area contributed by atoms with Crippen LogP contribution in [0.25, 0.3) is 0 Å². The van der Waals surface area contributed by atoms with Crippen molar-refractivity contribution in [1.82, 2.24) is 15.6 Å². The molecule has 9 nitrogen and oxygen atoms in total. The molecule has 1 atom stereocenters. The van der Waals surface area contributed by atoms with Gasteiger partial charge in [0.2, 0.25) is 11.8 Å². The lowest BCUT2D eigenvalue weighted by atomic mass is 10.1.